The molecule has 0 saturated carbocycles. The average Bonchev–Trinajstić information content (AvgIpc) is 2.35. The summed E-state index contributed by atoms with van der Waals surface area (Å²) in [7, 11) is 0. The molecule has 2 aromatic carbocycles. The zero-order valence-electron chi connectivity index (χ0n) is 9.42. The van der Waals surface area contributed by atoms with Crippen LogP contribution >= 0.6 is 0 Å². The minimum Gasteiger partial charge on any atom is -0.465 e. The average molecular weight is 238 g/mol. The fourth-order valence-electron chi connectivity index (χ4n) is 1.97. The molecule has 0 spiro atoms. The van der Waals surface area contributed by atoms with Gasteiger partial charge in [-0.15, -0.1) is 0 Å². The highest BCUT2D eigenvalue weighted by atomic mass is 16.4. The summed E-state index contributed by atoms with van der Waals surface area (Å²) in [5, 5.41) is 13.1. The highest BCUT2D eigenvalue weighted by molar-refractivity contribution is 5.95. The van der Waals surface area contributed by atoms with Gasteiger partial charge >= 0.3 is 6.09 Å². The second kappa shape index (κ2) is 4.00. The van der Waals surface area contributed by atoms with Crippen LogP contribution in [0.5, 0.6) is 0 Å². The van der Waals surface area contributed by atoms with E-state index in [0.717, 1.165) is 21.8 Å². The molecule has 3 aromatic rings. The molecule has 1 heterocycles. The van der Waals surface area contributed by atoms with Gasteiger partial charge in [0.2, 0.25) is 0 Å². The highest BCUT2D eigenvalue weighted by Crippen LogP contribution is 2.22. The summed E-state index contributed by atoms with van der Waals surface area (Å²) in [4.78, 5) is 15.1. The predicted molar refractivity (Wildman–Crippen MR) is 70.9 cm³/mol. The van der Waals surface area contributed by atoms with Crippen LogP contribution in [0.1, 0.15) is 0 Å². The van der Waals surface area contributed by atoms with Gasteiger partial charge in [0.25, 0.3) is 0 Å². The van der Waals surface area contributed by atoms with Crippen molar-refractivity contribution in [3.8, 4) is 0 Å². The van der Waals surface area contributed by atoms with Crippen LogP contribution in [0.4, 0.5) is 10.5 Å². The maximum absolute atomic E-state index is 10.6. The van der Waals surface area contributed by atoms with Gasteiger partial charge in [-0.1, -0.05) is 24.3 Å². The van der Waals surface area contributed by atoms with Gasteiger partial charge in [0, 0.05) is 16.5 Å². The standard InChI is InChI=1S/C14H10N2O2/c17-14(18)15-11-6-5-10-7-9-3-1-2-4-12(9)16-13(10)8-11/h1-8,15H,(H,17,18). The molecule has 0 unspecified atom stereocenters. The summed E-state index contributed by atoms with van der Waals surface area (Å²) in [6.45, 7) is 0. The number of nitrogens with one attached hydrogen (secondary N) is 1. The quantitative estimate of drug-likeness (QED) is 0.638. The Balaban J connectivity index is 2.20. The van der Waals surface area contributed by atoms with E-state index in [1.165, 1.54) is 0 Å². The van der Waals surface area contributed by atoms with Crippen molar-refractivity contribution < 1.29 is 9.90 Å². The molecule has 0 bridgehead atoms. The van der Waals surface area contributed by atoms with E-state index in [0.29, 0.717) is 5.69 Å². The molecule has 1 amide bonds. The molecule has 1 aromatic heterocycles. The molecule has 0 aliphatic rings. The van der Waals surface area contributed by atoms with Gasteiger partial charge in [0.1, 0.15) is 0 Å². The normalized spacial score (nSPS) is 10.7. The van der Waals surface area contributed by atoms with E-state index in [4.69, 9.17) is 5.11 Å². The number of nitrogens with zero attached hydrogens (tertiary/aromatic N) is 1. The van der Waals surface area contributed by atoms with Crippen molar-refractivity contribution in [2.45, 2.75) is 0 Å². The predicted octanol–water partition coefficient (Wildman–Crippen LogP) is 3.48. The van der Waals surface area contributed by atoms with E-state index in [1.807, 2.05) is 36.4 Å². The Hall–Kier alpha value is -2.62. The van der Waals surface area contributed by atoms with Gasteiger partial charge in [-0.05, 0) is 24.3 Å². The van der Waals surface area contributed by atoms with Crippen LogP contribution in [-0.4, -0.2) is 16.2 Å². The Labute approximate surface area is 103 Å². The number of rotatable bonds is 1. The molecule has 0 saturated heterocycles. The van der Waals surface area contributed by atoms with E-state index in [9.17, 15) is 4.79 Å². The summed E-state index contributed by atoms with van der Waals surface area (Å²) >= 11 is 0. The van der Waals surface area contributed by atoms with Crippen molar-refractivity contribution in [1.29, 1.82) is 0 Å². The lowest BCUT2D eigenvalue weighted by atomic mass is 10.1. The summed E-state index contributed by atoms with van der Waals surface area (Å²) in [5.74, 6) is 0. The zero-order valence-corrected chi connectivity index (χ0v) is 9.42. The monoisotopic (exact) mass is 238 g/mol. The largest absolute Gasteiger partial charge is 0.465 e. The number of anilines is 1. The molecule has 3 rings (SSSR count). The molecule has 0 atom stereocenters. The SMILES string of the molecule is O=C(O)Nc1ccc2cc3ccccc3nc2c1. The van der Waals surface area contributed by atoms with E-state index in [-0.39, 0.29) is 0 Å². The minimum absolute atomic E-state index is 0.526. The molecule has 4 nitrogen and oxygen atoms in total. The Morgan fingerprint density at radius 1 is 1.00 bits per heavy atom. The van der Waals surface area contributed by atoms with Crippen molar-refractivity contribution in [3.63, 3.8) is 0 Å². The molecule has 4 heteroatoms. The summed E-state index contributed by atoms with van der Waals surface area (Å²) in [6.07, 6.45) is -1.07. The number of carbonyl (C=O) groups is 1. The van der Waals surface area contributed by atoms with Crippen LogP contribution in [0.25, 0.3) is 21.8 Å². The highest BCUT2D eigenvalue weighted by Gasteiger charge is 2.02. The van der Waals surface area contributed by atoms with Crippen LogP contribution in [0.2, 0.25) is 0 Å². The van der Waals surface area contributed by atoms with E-state index >= 15 is 0 Å². The fourth-order valence-corrected chi connectivity index (χ4v) is 1.97. The number of hydrogen-bond acceptors (Lipinski definition) is 2. The van der Waals surface area contributed by atoms with Crippen molar-refractivity contribution in [1.82, 2.24) is 4.98 Å². The Kier molecular flexibility index (Phi) is 2.34. The summed E-state index contributed by atoms with van der Waals surface area (Å²) in [6, 6.07) is 15.2. The number of pyridine rings is 1. The Morgan fingerprint density at radius 2 is 1.78 bits per heavy atom. The lowest BCUT2D eigenvalue weighted by Gasteiger charge is -2.04. The van der Waals surface area contributed by atoms with Gasteiger partial charge in [0.05, 0.1) is 11.0 Å². The first-order valence-corrected chi connectivity index (χ1v) is 5.52. The first-order valence-electron chi connectivity index (χ1n) is 5.52. The maximum atomic E-state index is 10.6. The van der Waals surface area contributed by atoms with Gasteiger partial charge in [-0.3, -0.25) is 5.32 Å². The molecule has 0 radical (unpaired) electrons. The lowest BCUT2D eigenvalue weighted by molar-refractivity contribution is 0.210. The molecular weight excluding hydrogens is 228 g/mol. The Bertz CT molecular complexity index is 753. The summed E-state index contributed by atoms with van der Waals surface area (Å²) in [5.41, 5.74) is 2.20. The second-order valence-electron chi connectivity index (χ2n) is 4.02. The number of hydrogen-bond donors (Lipinski definition) is 2. The molecule has 0 aliphatic heterocycles. The molecular formula is C14H10N2O2. The van der Waals surface area contributed by atoms with Crippen molar-refractivity contribution in [2.24, 2.45) is 0 Å². The topological polar surface area (TPSA) is 62.2 Å². The number of carboxylic acid groups (broad SMARTS) is 1. The first-order chi connectivity index (χ1) is 8.72. The first kappa shape index (κ1) is 10.5. The van der Waals surface area contributed by atoms with Crippen LogP contribution < -0.4 is 5.32 Å². The van der Waals surface area contributed by atoms with Crippen LogP contribution in [0.15, 0.2) is 48.5 Å². The van der Waals surface area contributed by atoms with Crippen LogP contribution in [0, 0.1) is 0 Å². The lowest BCUT2D eigenvalue weighted by Crippen LogP contribution is -2.06. The van der Waals surface area contributed by atoms with E-state index < -0.39 is 6.09 Å². The van der Waals surface area contributed by atoms with Crippen molar-refractivity contribution in [3.05, 3.63) is 48.5 Å². The molecule has 0 fully saturated rings. The molecule has 88 valence electrons. The maximum Gasteiger partial charge on any atom is 0.409 e. The third kappa shape index (κ3) is 1.84. The van der Waals surface area contributed by atoms with Gasteiger partial charge in [0.15, 0.2) is 0 Å². The number of amides is 1. The molecule has 2 N–H and O–H groups in total. The van der Waals surface area contributed by atoms with Crippen molar-refractivity contribution in [2.75, 3.05) is 5.32 Å². The Morgan fingerprint density at radius 3 is 2.61 bits per heavy atom. The molecule has 18 heavy (non-hydrogen) atoms. The third-order valence-electron chi connectivity index (χ3n) is 2.77. The zero-order chi connectivity index (χ0) is 12.5. The van der Waals surface area contributed by atoms with Gasteiger partial charge < -0.3 is 5.11 Å². The van der Waals surface area contributed by atoms with Crippen LogP contribution in [0.3, 0.4) is 0 Å². The molecule has 0 aliphatic carbocycles. The van der Waals surface area contributed by atoms with Crippen LogP contribution in [-0.2, 0) is 0 Å². The number of fused-ring (bicyclic) bond motifs is 2. The number of aromatic nitrogens is 1. The summed E-state index contributed by atoms with van der Waals surface area (Å²) < 4.78 is 0. The van der Waals surface area contributed by atoms with Crippen molar-refractivity contribution >= 4 is 33.6 Å². The third-order valence-corrected chi connectivity index (χ3v) is 2.77. The number of para-hydroxylation sites is 1. The van der Waals surface area contributed by atoms with Gasteiger partial charge in [-0.25, -0.2) is 9.78 Å². The minimum atomic E-state index is -1.07. The second-order valence-corrected chi connectivity index (χ2v) is 4.02. The van der Waals surface area contributed by atoms with Gasteiger partial charge in [-0.2, -0.15) is 0 Å². The fraction of sp³-hybridized carbons (Fsp3) is 0. The van der Waals surface area contributed by atoms with E-state index in [2.05, 4.69) is 10.3 Å². The number of benzene rings is 2. The van der Waals surface area contributed by atoms with E-state index in [1.54, 1.807) is 12.1 Å². The smallest absolute Gasteiger partial charge is 0.409 e.